The topological polar surface area (TPSA) is 12.5 Å². The number of ether oxygens (including phenoxy) is 1. The Labute approximate surface area is 211 Å². The molecule has 1 atom stereocenters. The fourth-order valence-corrected chi connectivity index (χ4v) is 5.98. The smallest absolute Gasteiger partial charge is 0.119 e. The SMILES string of the molecule is CC#C[C@@H](CC)c1ccc(OCc2ccc(CN3CCC4(CCc5ccccc54)CC3)cc2)cc1. The van der Waals surface area contributed by atoms with Gasteiger partial charge in [0, 0.05) is 12.5 Å². The number of piperidine rings is 1. The van der Waals surface area contributed by atoms with E-state index in [1.165, 1.54) is 55.5 Å². The van der Waals surface area contributed by atoms with Crippen LogP contribution >= 0.6 is 0 Å². The summed E-state index contributed by atoms with van der Waals surface area (Å²) in [5, 5.41) is 0. The predicted octanol–water partition coefficient (Wildman–Crippen LogP) is 7.26. The number of hydrogen-bond acceptors (Lipinski definition) is 2. The van der Waals surface area contributed by atoms with E-state index in [2.05, 4.69) is 96.5 Å². The number of benzene rings is 3. The Bertz CT molecular complexity index is 1170. The van der Waals surface area contributed by atoms with Gasteiger partial charge in [0.25, 0.3) is 0 Å². The highest BCUT2D eigenvalue weighted by atomic mass is 16.5. The Kier molecular flexibility index (Phi) is 7.26. The van der Waals surface area contributed by atoms with Gasteiger partial charge in [0.05, 0.1) is 0 Å². The van der Waals surface area contributed by atoms with Gasteiger partial charge in [-0.25, -0.2) is 0 Å². The highest BCUT2D eigenvalue weighted by Crippen LogP contribution is 2.46. The van der Waals surface area contributed by atoms with Crippen molar-refractivity contribution in [1.29, 1.82) is 0 Å². The summed E-state index contributed by atoms with van der Waals surface area (Å²) in [4.78, 5) is 2.63. The summed E-state index contributed by atoms with van der Waals surface area (Å²) >= 11 is 0. The zero-order valence-electron chi connectivity index (χ0n) is 21.2. The highest BCUT2D eigenvalue weighted by Gasteiger charge is 2.40. The van der Waals surface area contributed by atoms with Gasteiger partial charge in [0.15, 0.2) is 0 Å². The highest BCUT2D eigenvalue weighted by molar-refractivity contribution is 5.40. The van der Waals surface area contributed by atoms with Crippen LogP contribution in [0.4, 0.5) is 0 Å². The minimum atomic E-state index is 0.306. The molecule has 0 aromatic heterocycles. The molecule has 35 heavy (non-hydrogen) atoms. The Morgan fingerprint density at radius 3 is 2.31 bits per heavy atom. The molecule has 1 saturated heterocycles. The van der Waals surface area contributed by atoms with E-state index in [4.69, 9.17) is 4.74 Å². The Balaban J connectivity index is 1.11. The minimum absolute atomic E-state index is 0.306. The van der Waals surface area contributed by atoms with Crippen molar-refractivity contribution in [3.8, 4) is 17.6 Å². The Morgan fingerprint density at radius 1 is 0.886 bits per heavy atom. The maximum absolute atomic E-state index is 6.05. The van der Waals surface area contributed by atoms with E-state index >= 15 is 0 Å². The zero-order chi connectivity index (χ0) is 24.1. The number of aryl methyl sites for hydroxylation is 1. The van der Waals surface area contributed by atoms with Crippen molar-refractivity contribution in [2.24, 2.45) is 0 Å². The molecular formula is C33H37NO. The lowest BCUT2D eigenvalue weighted by atomic mass is 9.74. The van der Waals surface area contributed by atoms with Crippen molar-refractivity contribution >= 4 is 0 Å². The van der Waals surface area contributed by atoms with Gasteiger partial charge < -0.3 is 4.74 Å². The number of hydrogen-bond donors (Lipinski definition) is 0. The number of nitrogens with zero attached hydrogens (tertiary/aromatic N) is 1. The van der Waals surface area contributed by atoms with Crippen LogP contribution in [0, 0.1) is 11.8 Å². The van der Waals surface area contributed by atoms with Crippen molar-refractivity contribution in [3.63, 3.8) is 0 Å². The molecule has 1 aliphatic heterocycles. The first-order valence-corrected chi connectivity index (χ1v) is 13.2. The summed E-state index contributed by atoms with van der Waals surface area (Å²) in [5.41, 5.74) is 7.53. The van der Waals surface area contributed by atoms with E-state index in [1.54, 1.807) is 11.1 Å². The minimum Gasteiger partial charge on any atom is -0.489 e. The summed E-state index contributed by atoms with van der Waals surface area (Å²) in [6, 6.07) is 26.5. The zero-order valence-corrected chi connectivity index (χ0v) is 21.2. The lowest BCUT2D eigenvalue weighted by Gasteiger charge is -2.40. The van der Waals surface area contributed by atoms with Gasteiger partial charge >= 0.3 is 0 Å². The normalized spacial score (nSPS) is 17.4. The quantitative estimate of drug-likeness (QED) is 0.342. The van der Waals surface area contributed by atoms with E-state index < -0.39 is 0 Å². The first-order chi connectivity index (χ1) is 17.2. The molecule has 3 aromatic rings. The summed E-state index contributed by atoms with van der Waals surface area (Å²) in [6.07, 6.45) is 6.21. The predicted molar refractivity (Wildman–Crippen MR) is 145 cm³/mol. The average Bonchev–Trinajstić information content (AvgIpc) is 3.27. The van der Waals surface area contributed by atoms with Crippen molar-refractivity contribution in [3.05, 3.63) is 101 Å². The molecular weight excluding hydrogens is 426 g/mol. The molecule has 0 N–H and O–H groups in total. The van der Waals surface area contributed by atoms with E-state index in [-0.39, 0.29) is 0 Å². The van der Waals surface area contributed by atoms with Crippen LogP contribution in [-0.4, -0.2) is 18.0 Å². The number of rotatable bonds is 7. The standard InChI is InChI=1S/C33H37NO/c1-3-7-28(4-2)29-14-16-31(17-15-29)35-25-27-12-10-26(11-13-27)24-34-22-20-33(21-23-34)19-18-30-8-5-6-9-32(30)33/h5-6,8-17,28H,4,18-25H2,1-2H3/t28-/m1/s1. The molecule has 180 valence electrons. The van der Waals surface area contributed by atoms with Crippen molar-refractivity contribution in [1.82, 2.24) is 4.90 Å². The molecule has 1 fully saturated rings. The molecule has 2 nitrogen and oxygen atoms in total. The molecule has 1 spiro atoms. The van der Waals surface area contributed by atoms with Crippen molar-refractivity contribution in [2.45, 2.75) is 70.4 Å². The average molecular weight is 464 g/mol. The lowest BCUT2D eigenvalue weighted by molar-refractivity contribution is 0.152. The van der Waals surface area contributed by atoms with Gasteiger partial charge in [0.1, 0.15) is 12.4 Å². The Morgan fingerprint density at radius 2 is 1.60 bits per heavy atom. The summed E-state index contributed by atoms with van der Waals surface area (Å²) in [5.74, 6) is 7.54. The maximum atomic E-state index is 6.05. The van der Waals surface area contributed by atoms with Crippen LogP contribution in [0.15, 0.2) is 72.8 Å². The van der Waals surface area contributed by atoms with Crippen molar-refractivity contribution in [2.75, 3.05) is 13.1 Å². The lowest BCUT2D eigenvalue weighted by Crippen LogP contribution is -2.41. The molecule has 3 aromatic carbocycles. The number of fused-ring (bicyclic) bond motifs is 2. The van der Waals surface area contributed by atoms with E-state index in [9.17, 15) is 0 Å². The largest absolute Gasteiger partial charge is 0.489 e. The third kappa shape index (κ3) is 5.31. The molecule has 0 unspecified atom stereocenters. The monoisotopic (exact) mass is 463 g/mol. The summed E-state index contributed by atoms with van der Waals surface area (Å²) in [7, 11) is 0. The van der Waals surface area contributed by atoms with Crippen molar-refractivity contribution < 1.29 is 4.74 Å². The molecule has 2 aliphatic rings. The third-order valence-corrected chi connectivity index (χ3v) is 8.12. The van der Waals surface area contributed by atoms with Gasteiger partial charge in [-0.2, -0.15) is 0 Å². The summed E-state index contributed by atoms with van der Waals surface area (Å²) < 4.78 is 6.05. The van der Waals surface area contributed by atoms with E-state index in [1.807, 2.05) is 6.92 Å². The number of likely N-dealkylation sites (tertiary alicyclic amines) is 1. The van der Waals surface area contributed by atoms with Crippen LogP contribution in [0.25, 0.3) is 0 Å². The second-order valence-electron chi connectivity index (χ2n) is 10.2. The molecule has 0 bridgehead atoms. The van der Waals surface area contributed by atoms with Crippen LogP contribution in [0.2, 0.25) is 0 Å². The van der Waals surface area contributed by atoms with Gasteiger partial charge in [-0.1, -0.05) is 73.5 Å². The molecule has 0 saturated carbocycles. The van der Waals surface area contributed by atoms with E-state index in [0.717, 1.165) is 18.7 Å². The Hall–Kier alpha value is -3.02. The fourth-order valence-electron chi connectivity index (χ4n) is 5.98. The van der Waals surface area contributed by atoms with Gasteiger partial charge in [-0.3, -0.25) is 4.90 Å². The van der Waals surface area contributed by atoms with Crippen LogP contribution in [0.5, 0.6) is 5.75 Å². The van der Waals surface area contributed by atoms with Crippen LogP contribution in [-0.2, 0) is 25.0 Å². The first-order valence-electron chi connectivity index (χ1n) is 13.2. The molecule has 1 aliphatic carbocycles. The van der Waals surface area contributed by atoms with Gasteiger partial charge in [-0.15, -0.1) is 5.92 Å². The second kappa shape index (κ2) is 10.7. The molecule has 0 radical (unpaired) electrons. The van der Waals surface area contributed by atoms with Crippen LogP contribution < -0.4 is 4.74 Å². The molecule has 0 amide bonds. The summed E-state index contributed by atoms with van der Waals surface area (Å²) in [6.45, 7) is 8.11. The maximum Gasteiger partial charge on any atom is 0.119 e. The first kappa shape index (κ1) is 23.7. The molecule has 5 rings (SSSR count). The van der Waals surface area contributed by atoms with Crippen LogP contribution in [0.1, 0.15) is 73.3 Å². The van der Waals surface area contributed by atoms with E-state index in [0.29, 0.717) is 17.9 Å². The molecule has 1 heterocycles. The molecule has 2 heteroatoms. The van der Waals surface area contributed by atoms with Gasteiger partial charge in [-0.05, 0) is 97.5 Å². The fraction of sp³-hybridized carbons (Fsp3) is 0.394. The second-order valence-corrected chi connectivity index (χ2v) is 10.2. The third-order valence-electron chi connectivity index (χ3n) is 8.12. The van der Waals surface area contributed by atoms with Gasteiger partial charge in [0.2, 0.25) is 0 Å². The van der Waals surface area contributed by atoms with Crippen LogP contribution in [0.3, 0.4) is 0 Å².